The quantitative estimate of drug-likeness (QED) is 0.794. The molecule has 1 aromatic rings. The lowest BCUT2D eigenvalue weighted by molar-refractivity contribution is 0.333. The summed E-state index contributed by atoms with van der Waals surface area (Å²) >= 11 is 0. The maximum atomic E-state index is 4.00. The van der Waals surface area contributed by atoms with Crippen molar-refractivity contribution in [1.82, 2.24) is 4.98 Å². The minimum atomic E-state index is 0.290. The lowest BCUT2D eigenvalue weighted by atomic mass is 9.85. The zero-order valence-corrected chi connectivity index (χ0v) is 9.54. The topological polar surface area (TPSA) is 24.9 Å². The SMILES string of the molecule is CCC(Nc1ccncc1)C(C)(C)C. The van der Waals surface area contributed by atoms with Gasteiger partial charge in [-0.1, -0.05) is 27.7 Å². The molecule has 1 atom stereocenters. The van der Waals surface area contributed by atoms with Crippen LogP contribution in [0.2, 0.25) is 0 Å². The molecule has 2 heteroatoms. The molecule has 0 spiro atoms. The molecular weight excluding hydrogens is 172 g/mol. The number of aromatic nitrogens is 1. The molecule has 1 unspecified atom stereocenters. The Morgan fingerprint density at radius 1 is 1.29 bits per heavy atom. The van der Waals surface area contributed by atoms with Gasteiger partial charge in [0, 0.05) is 24.1 Å². The number of pyridine rings is 1. The van der Waals surface area contributed by atoms with E-state index in [0.29, 0.717) is 6.04 Å². The molecule has 1 heterocycles. The molecule has 14 heavy (non-hydrogen) atoms. The number of nitrogens with one attached hydrogen (secondary N) is 1. The summed E-state index contributed by atoms with van der Waals surface area (Å²) in [6.07, 6.45) is 4.77. The number of hydrogen-bond donors (Lipinski definition) is 1. The molecule has 0 aromatic carbocycles. The van der Waals surface area contributed by atoms with E-state index in [0.717, 1.165) is 12.1 Å². The van der Waals surface area contributed by atoms with E-state index < -0.39 is 0 Å². The second-order valence-corrected chi connectivity index (χ2v) is 4.71. The Hall–Kier alpha value is -1.05. The molecule has 0 aliphatic rings. The van der Waals surface area contributed by atoms with E-state index in [4.69, 9.17) is 0 Å². The average Bonchev–Trinajstić information content (AvgIpc) is 2.14. The third kappa shape index (κ3) is 3.02. The zero-order valence-electron chi connectivity index (χ0n) is 9.54. The van der Waals surface area contributed by atoms with E-state index in [2.05, 4.69) is 38.0 Å². The Labute approximate surface area is 86.8 Å². The summed E-state index contributed by atoms with van der Waals surface area (Å²) < 4.78 is 0. The van der Waals surface area contributed by atoms with E-state index in [1.165, 1.54) is 0 Å². The number of nitrogens with zero attached hydrogens (tertiary/aromatic N) is 1. The maximum Gasteiger partial charge on any atom is 0.0373 e. The first-order valence-corrected chi connectivity index (χ1v) is 5.20. The fraction of sp³-hybridized carbons (Fsp3) is 0.583. The van der Waals surface area contributed by atoms with Gasteiger partial charge in [-0.3, -0.25) is 4.98 Å². The van der Waals surface area contributed by atoms with E-state index in [1.54, 1.807) is 0 Å². The average molecular weight is 192 g/mol. The monoisotopic (exact) mass is 192 g/mol. The second kappa shape index (κ2) is 4.45. The summed E-state index contributed by atoms with van der Waals surface area (Å²) in [6.45, 7) is 8.99. The van der Waals surface area contributed by atoms with Gasteiger partial charge in [0.25, 0.3) is 0 Å². The van der Waals surface area contributed by atoms with Crippen LogP contribution >= 0.6 is 0 Å². The summed E-state index contributed by atoms with van der Waals surface area (Å²) in [4.78, 5) is 4.00. The summed E-state index contributed by atoms with van der Waals surface area (Å²) in [7, 11) is 0. The van der Waals surface area contributed by atoms with Crippen LogP contribution in [0, 0.1) is 5.41 Å². The molecule has 0 amide bonds. The predicted molar refractivity (Wildman–Crippen MR) is 61.4 cm³/mol. The Bertz CT molecular complexity index is 261. The predicted octanol–water partition coefficient (Wildman–Crippen LogP) is 3.32. The first kappa shape index (κ1) is 11.0. The maximum absolute atomic E-state index is 4.00. The number of rotatable bonds is 3. The highest BCUT2D eigenvalue weighted by Gasteiger charge is 2.22. The van der Waals surface area contributed by atoms with Gasteiger partial charge in [-0.25, -0.2) is 0 Å². The minimum Gasteiger partial charge on any atom is -0.382 e. The van der Waals surface area contributed by atoms with Crippen molar-refractivity contribution in [2.75, 3.05) is 5.32 Å². The van der Waals surface area contributed by atoms with Crippen molar-refractivity contribution in [2.45, 2.75) is 40.2 Å². The van der Waals surface area contributed by atoms with Crippen molar-refractivity contribution >= 4 is 5.69 Å². The van der Waals surface area contributed by atoms with Gasteiger partial charge in [0.1, 0.15) is 0 Å². The van der Waals surface area contributed by atoms with Gasteiger partial charge in [0.15, 0.2) is 0 Å². The van der Waals surface area contributed by atoms with E-state index in [-0.39, 0.29) is 5.41 Å². The third-order valence-electron chi connectivity index (χ3n) is 2.47. The van der Waals surface area contributed by atoms with Crippen molar-refractivity contribution in [2.24, 2.45) is 5.41 Å². The van der Waals surface area contributed by atoms with Crippen molar-refractivity contribution < 1.29 is 0 Å². The van der Waals surface area contributed by atoms with Crippen molar-refractivity contribution in [3.63, 3.8) is 0 Å². The zero-order chi connectivity index (χ0) is 10.6. The van der Waals surface area contributed by atoms with Gasteiger partial charge in [0.05, 0.1) is 0 Å². The van der Waals surface area contributed by atoms with E-state index in [1.807, 2.05) is 24.5 Å². The Morgan fingerprint density at radius 3 is 2.29 bits per heavy atom. The molecule has 0 saturated carbocycles. The second-order valence-electron chi connectivity index (χ2n) is 4.71. The van der Waals surface area contributed by atoms with E-state index >= 15 is 0 Å². The van der Waals surface area contributed by atoms with Gasteiger partial charge in [-0.2, -0.15) is 0 Å². The smallest absolute Gasteiger partial charge is 0.0373 e. The summed E-state index contributed by atoms with van der Waals surface area (Å²) in [5, 5.41) is 3.53. The fourth-order valence-electron chi connectivity index (χ4n) is 1.58. The van der Waals surface area contributed by atoms with Crippen LogP contribution in [-0.2, 0) is 0 Å². The number of anilines is 1. The number of hydrogen-bond acceptors (Lipinski definition) is 2. The first-order valence-electron chi connectivity index (χ1n) is 5.20. The fourth-order valence-corrected chi connectivity index (χ4v) is 1.58. The standard InChI is InChI=1S/C12H20N2/c1-5-11(12(2,3)4)14-10-6-8-13-9-7-10/h6-9,11H,5H2,1-4H3,(H,13,14). The normalized spacial score (nSPS) is 13.7. The summed E-state index contributed by atoms with van der Waals surface area (Å²) in [5.74, 6) is 0. The summed E-state index contributed by atoms with van der Waals surface area (Å²) in [5.41, 5.74) is 1.44. The lowest BCUT2D eigenvalue weighted by Crippen LogP contribution is -2.33. The molecule has 0 saturated heterocycles. The molecule has 2 nitrogen and oxygen atoms in total. The van der Waals surface area contributed by atoms with Crippen LogP contribution in [0.3, 0.4) is 0 Å². The molecule has 0 bridgehead atoms. The molecule has 0 fully saturated rings. The Balaban J connectivity index is 2.67. The highest BCUT2D eigenvalue weighted by molar-refractivity contribution is 5.42. The van der Waals surface area contributed by atoms with Crippen LogP contribution in [0.4, 0.5) is 5.69 Å². The highest BCUT2D eigenvalue weighted by atomic mass is 14.9. The third-order valence-corrected chi connectivity index (χ3v) is 2.47. The minimum absolute atomic E-state index is 0.290. The van der Waals surface area contributed by atoms with Crippen LogP contribution in [-0.4, -0.2) is 11.0 Å². The Morgan fingerprint density at radius 2 is 1.86 bits per heavy atom. The molecule has 1 N–H and O–H groups in total. The molecular formula is C12H20N2. The van der Waals surface area contributed by atoms with Gasteiger partial charge < -0.3 is 5.32 Å². The highest BCUT2D eigenvalue weighted by Crippen LogP contribution is 2.24. The molecule has 0 aliphatic heterocycles. The van der Waals surface area contributed by atoms with Gasteiger partial charge in [-0.05, 0) is 24.0 Å². The van der Waals surface area contributed by atoms with Crippen molar-refractivity contribution in [3.8, 4) is 0 Å². The van der Waals surface area contributed by atoms with Crippen molar-refractivity contribution in [3.05, 3.63) is 24.5 Å². The van der Waals surface area contributed by atoms with Crippen LogP contribution in [0.5, 0.6) is 0 Å². The Kier molecular flexibility index (Phi) is 3.50. The van der Waals surface area contributed by atoms with Crippen LogP contribution in [0.25, 0.3) is 0 Å². The van der Waals surface area contributed by atoms with E-state index in [9.17, 15) is 0 Å². The van der Waals surface area contributed by atoms with Crippen molar-refractivity contribution in [1.29, 1.82) is 0 Å². The molecule has 1 rings (SSSR count). The lowest BCUT2D eigenvalue weighted by Gasteiger charge is -2.31. The largest absolute Gasteiger partial charge is 0.382 e. The van der Waals surface area contributed by atoms with Gasteiger partial charge in [0.2, 0.25) is 0 Å². The van der Waals surface area contributed by atoms with Gasteiger partial charge >= 0.3 is 0 Å². The molecule has 0 aliphatic carbocycles. The van der Waals surface area contributed by atoms with Crippen LogP contribution < -0.4 is 5.32 Å². The molecule has 0 radical (unpaired) electrons. The van der Waals surface area contributed by atoms with Gasteiger partial charge in [-0.15, -0.1) is 0 Å². The van der Waals surface area contributed by atoms with Crippen LogP contribution in [0.1, 0.15) is 34.1 Å². The van der Waals surface area contributed by atoms with Crippen LogP contribution in [0.15, 0.2) is 24.5 Å². The molecule has 1 aromatic heterocycles. The summed E-state index contributed by atoms with van der Waals surface area (Å²) in [6, 6.07) is 4.52. The first-order chi connectivity index (χ1) is 6.54. The molecule has 78 valence electrons.